The Bertz CT molecular complexity index is 737. The van der Waals surface area contributed by atoms with Crippen LogP contribution in [-0.2, 0) is 16.2 Å². The Labute approximate surface area is 133 Å². The molecule has 1 unspecified atom stereocenters. The van der Waals surface area contributed by atoms with Gasteiger partial charge in [0.1, 0.15) is 5.82 Å². The molecule has 0 saturated heterocycles. The highest BCUT2D eigenvalue weighted by atomic mass is 32.2. The molecule has 1 aliphatic rings. The molecule has 4 nitrogen and oxygen atoms in total. The van der Waals surface area contributed by atoms with Gasteiger partial charge in [0, 0.05) is 0 Å². The second-order valence-corrected chi connectivity index (χ2v) is 7.15. The first-order valence-electron chi connectivity index (χ1n) is 6.93. The normalized spacial score (nSPS) is 21.5. The summed E-state index contributed by atoms with van der Waals surface area (Å²) in [5.41, 5.74) is -1.28. The van der Waals surface area contributed by atoms with E-state index in [0.717, 1.165) is 30.7 Å². The van der Waals surface area contributed by atoms with Crippen LogP contribution in [0.4, 0.5) is 13.2 Å². The highest BCUT2D eigenvalue weighted by Crippen LogP contribution is 2.29. The van der Waals surface area contributed by atoms with Crippen molar-refractivity contribution in [2.45, 2.75) is 36.9 Å². The highest BCUT2D eigenvalue weighted by molar-refractivity contribution is 7.89. The van der Waals surface area contributed by atoms with Crippen molar-refractivity contribution in [3.63, 3.8) is 0 Å². The Hall–Kier alpha value is -1.96. The first kappa shape index (κ1) is 17.4. The molecule has 2 N–H and O–H groups in total. The average molecular weight is 346 g/mol. The summed E-state index contributed by atoms with van der Waals surface area (Å²) in [6, 6.07) is 3.35. The van der Waals surface area contributed by atoms with Crippen molar-refractivity contribution in [1.29, 1.82) is 0 Å². The summed E-state index contributed by atoms with van der Waals surface area (Å²) in [7, 11) is -3.96. The zero-order chi connectivity index (χ0) is 17.3. The Morgan fingerprint density at radius 2 is 1.83 bits per heavy atom. The summed E-state index contributed by atoms with van der Waals surface area (Å²) in [6.45, 7) is 3.85. The predicted octanol–water partition coefficient (Wildman–Crippen LogP) is 3.15. The van der Waals surface area contributed by atoms with Crippen LogP contribution in [0, 0.1) is 0 Å². The van der Waals surface area contributed by atoms with Crippen LogP contribution in [0.5, 0.6) is 0 Å². The monoisotopic (exact) mass is 346 g/mol. The molecule has 0 aliphatic carbocycles. The minimum Gasteiger partial charge on any atom is -0.362 e. The molecule has 126 valence electrons. The third-order valence-corrected chi connectivity index (χ3v) is 5.00. The maximum absolute atomic E-state index is 12.5. The number of rotatable bonds is 4. The molecule has 1 aliphatic heterocycles. The number of hydrogen-bond acceptors (Lipinski definition) is 3. The number of nitrogens with one attached hydrogen (secondary N) is 2. The van der Waals surface area contributed by atoms with Gasteiger partial charge in [-0.05, 0) is 43.7 Å². The molecule has 0 fully saturated rings. The van der Waals surface area contributed by atoms with Gasteiger partial charge in [0.15, 0.2) is 0 Å². The molecule has 8 heteroatoms. The van der Waals surface area contributed by atoms with E-state index < -0.39 is 21.8 Å². The van der Waals surface area contributed by atoms with Crippen molar-refractivity contribution < 1.29 is 21.6 Å². The number of sulfonamides is 1. The van der Waals surface area contributed by atoms with Gasteiger partial charge in [-0.15, -0.1) is 0 Å². The van der Waals surface area contributed by atoms with Crippen molar-refractivity contribution in [3.05, 3.63) is 53.9 Å². The molecule has 1 heterocycles. The van der Waals surface area contributed by atoms with Crippen LogP contribution in [0.25, 0.3) is 0 Å². The summed E-state index contributed by atoms with van der Waals surface area (Å²) in [5, 5.41) is 3.05. The van der Waals surface area contributed by atoms with Gasteiger partial charge >= 0.3 is 6.18 Å². The molecule has 0 spiro atoms. The van der Waals surface area contributed by atoms with Crippen LogP contribution >= 0.6 is 0 Å². The Kier molecular flexibility index (Phi) is 4.48. The first-order chi connectivity index (χ1) is 10.6. The van der Waals surface area contributed by atoms with Crippen LogP contribution in [-0.4, -0.2) is 14.0 Å². The third-order valence-electron chi connectivity index (χ3n) is 3.62. The summed E-state index contributed by atoms with van der Waals surface area (Å²) in [5.74, 6) is 0.275. The Balaban J connectivity index is 2.20. The zero-order valence-corrected chi connectivity index (χ0v) is 13.4. The summed E-state index contributed by atoms with van der Waals surface area (Å²) < 4.78 is 64.4. The second-order valence-electron chi connectivity index (χ2n) is 5.46. The van der Waals surface area contributed by atoms with Crippen molar-refractivity contribution in [3.8, 4) is 0 Å². The molecule has 0 radical (unpaired) electrons. The van der Waals surface area contributed by atoms with Gasteiger partial charge in [-0.1, -0.05) is 19.1 Å². The van der Waals surface area contributed by atoms with E-state index in [1.807, 2.05) is 19.9 Å². The second kappa shape index (κ2) is 5.92. The zero-order valence-electron chi connectivity index (χ0n) is 12.6. The Morgan fingerprint density at radius 3 is 2.35 bits per heavy atom. The largest absolute Gasteiger partial charge is 0.416 e. The van der Waals surface area contributed by atoms with E-state index in [4.69, 9.17) is 0 Å². The lowest BCUT2D eigenvalue weighted by Gasteiger charge is -2.31. The van der Waals surface area contributed by atoms with Crippen LogP contribution in [0.3, 0.4) is 0 Å². The Morgan fingerprint density at radius 1 is 1.22 bits per heavy atom. The average Bonchev–Trinajstić information content (AvgIpc) is 2.46. The lowest BCUT2D eigenvalue weighted by Crippen LogP contribution is -2.45. The number of halogens is 3. The van der Waals surface area contributed by atoms with E-state index in [0.29, 0.717) is 0 Å². The van der Waals surface area contributed by atoms with Gasteiger partial charge < -0.3 is 5.32 Å². The van der Waals surface area contributed by atoms with E-state index in [1.54, 1.807) is 12.2 Å². The molecule has 2 rings (SSSR count). The van der Waals surface area contributed by atoms with Crippen LogP contribution < -0.4 is 10.0 Å². The van der Waals surface area contributed by atoms with E-state index in [2.05, 4.69) is 10.0 Å². The molecule has 0 amide bonds. The first-order valence-corrected chi connectivity index (χ1v) is 8.42. The number of allylic oxidation sites excluding steroid dienone is 2. The van der Waals surface area contributed by atoms with Crippen molar-refractivity contribution >= 4 is 10.0 Å². The molecule has 0 aromatic heterocycles. The molecule has 1 aromatic carbocycles. The van der Waals surface area contributed by atoms with Gasteiger partial charge in [-0.25, -0.2) is 8.42 Å². The summed E-state index contributed by atoms with van der Waals surface area (Å²) in [6.07, 6.45) is 1.42. The van der Waals surface area contributed by atoms with Crippen LogP contribution in [0.15, 0.2) is 53.2 Å². The quantitative estimate of drug-likeness (QED) is 0.880. The maximum atomic E-state index is 12.5. The van der Waals surface area contributed by atoms with Crippen molar-refractivity contribution in [2.75, 3.05) is 0 Å². The van der Waals surface area contributed by atoms with E-state index in [-0.39, 0.29) is 16.3 Å². The lowest BCUT2D eigenvalue weighted by molar-refractivity contribution is -0.137. The fourth-order valence-electron chi connectivity index (χ4n) is 2.04. The minimum atomic E-state index is -4.50. The highest BCUT2D eigenvalue weighted by Gasteiger charge is 2.31. The van der Waals surface area contributed by atoms with Crippen LogP contribution in [0.2, 0.25) is 0 Å². The number of hydrogen-bond donors (Lipinski definition) is 2. The fourth-order valence-corrected chi connectivity index (χ4v) is 3.06. The standard InChI is InChI=1S/C15H17F3N2O2S/c1-3-14(2)10-4-5-13(19-14)20-23(21,22)12-8-6-11(7-9-12)15(16,17)18/h4-10,19-20H,3H2,1-2H3. The molecular formula is C15H17F3N2O2S. The van der Waals surface area contributed by atoms with Gasteiger partial charge in [-0.2, -0.15) is 13.2 Å². The summed E-state index contributed by atoms with van der Waals surface area (Å²) in [4.78, 5) is -0.235. The van der Waals surface area contributed by atoms with E-state index >= 15 is 0 Å². The van der Waals surface area contributed by atoms with Gasteiger partial charge in [0.25, 0.3) is 10.0 Å². The van der Waals surface area contributed by atoms with Crippen molar-refractivity contribution in [2.24, 2.45) is 0 Å². The SMILES string of the molecule is CCC1(C)C=CC=C(NS(=O)(=O)c2ccc(C(F)(F)F)cc2)N1. The third kappa shape index (κ3) is 4.07. The van der Waals surface area contributed by atoms with Gasteiger partial charge in [0.2, 0.25) is 0 Å². The molecule has 1 atom stereocenters. The smallest absolute Gasteiger partial charge is 0.362 e. The fraction of sp³-hybridized carbons (Fsp3) is 0.333. The lowest BCUT2D eigenvalue weighted by atomic mass is 9.96. The molecule has 0 bridgehead atoms. The maximum Gasteiger partial charge on any atom is 0.416 e. The minimum absolute atomic E-state index is 0.235. The predicted molar refractivity (Wildman–Crippen MR) is 80.8 cm³/mol. The van der Waals surface area contributed by atoms with Gasteiger partial charge in [-0.3, -0.25) is 4.72 Å². The molecule has 1 aromatic rings. The molecule has 23 heavy (non-hydrogen) atoms. The van der Waals surface area contributed by atoms with E-state index in [1.165, 1.54) is 0 Å². The summed E-state index contributed by atoms with van der Waals surface area (Å²) >= 11 is 0. The van der Waals surface area contributed by atoms with E-state index in [9.17, 15) is 21.6 Å². The molecule has 0 saturated carbocycles. The number of benzene rings is 1. The van der Waals surface area contributed by atoms with Gasteiger partial charge in [0.05, 0.1) is 16.0 Å². The van der Waals surface area contributed by atoms with Crippen LogP contribution in [0.1, 0.15) is 25.8 Å². The molecular weight excluding hydrogens is 329 g/mol. The number of alkyl halides is 3. The topological polar surface area (TPSA) is 58.2 Å². The van der Waals surface area contributed by atoms with Crippen molar-refractivity contribution in [1.82, 2.24) is 10.0 Å². The number of dihydropyridines is 1.